The highest BCUT2D eigenvalue weighted by Gasteiger charge is 2.22. The zero-order valence-electron chi connectivity index (χ0n) is 11.2. The Morgan fingerprint density at radius 1 is 1.40 bits per heavy atom. The van der Waals surface area contributed by atoms with Crippen LogP contribution in [0.25, 0.3) is 10.6 Å². The van der Waals surface area contributed by atoms with E-state index in [1.165, 1.54) is 11.3 Å². The van der Waals surface area contributed by atoms with Gasteiger partial charge in [0.25, 0.3) is 0 Å². The molecule has 4 nitrogen and oxygen atoms in total. The van der Waals surface area contributed by atoms with E-state index < -0.39 is 0 Å². The summed E-state index contributed by atoms with van der Waals surface area (Å²) >= 11 is 1.43. The average molecular weight is 289 g/mol. The first-order valence-electron chi connectivity index (χ1n) is 6.68. The van der Waals surface area contributed by atoms with Gasteiger partial charge in [0.1, 0.15) is 5.01 Å². The number of phenolic OH excluding ortho intramolecular Hbond substituents is 1. The number of hydrogen-bond donors (Lipinski definition) is 1. The number of benzene rings is 1. The minimum absolute atomic E-state index is 0.119. The van der Waals surface area contributed by atoms with Crippen LogP contribution >= 0.6 is 11.3 Å². The first-order chi connectivity index (χ1) is 9.69. The van der Waals surface area contributed by atoms with Gasteiger partial charge in [0.15, 0.2) is 17.3 Å². The molecule has 0 radical (unpaired) electrons. The normalized spacial score (nSPS) is 14.2. The molecule has 0 atom stereocenters. The second kappa shape index (κ2) is 5.25. The molecule has 0 saturated carbocycles. The number of hydrogen-bond acceptors (Lipinski definition) is 5. The topological polar surface area (TPSA) is 59.4 Å². The Bertz CT molecular complexity index is 663. The van der Waals surface area contributed by atoms with E-state index in [1.807, 2.05) is 6.92 Å². The van der Waals surface area contributed by atoms with Gasteiger partial charge in [-0.15, -0.1) is 11.3 Å². The molecular formula is C15H15NO3S. The van der Waals surface area contributed by atoms with Crippen LogP contribution < -0.4 is 4.74 Å². The Kier molecular flexibility index (Phi) is 3.44. The van der Waals surface area contributed by atoms with Crippen molar-refractivity contribution in [1.82, 2.24) is 4.98 Å². The van der Waals surface area contributed by atoms with Gasteiger partial charge in [0.2, 0.25) is 0 Å². The number of phenols is 1. The highest BCUT2D eigenvalue weighted by Crippen LogP contribution is 2.36. The molecule has 1 aliphatic rings. The summed E-state index contributed by atoms with van der Waals surface area (Å²) in [6.45, 7) is 2.36. The Hall–Kier alpha value is -1.88. The molecule has 0 fully saturated rings. The molecule has 1 aliphatic carbocycles. The Balaban J connectivity index is 2.01. The number of aromatic hydroxyl groups is 1. The summed E-state index contributed by atoms with van der Waals surface area (Å²) in [5.41, 5.74) is 1.78. The van der Waals surface area contributed by atoms with Crippen molar-refractivity contribution in [2.75, 3.05) is 6.61 Å². The number of Topliss-reactive ketones (excluding diaryl/α,β-unsaturated/α-hetero) is 1. The van der Waals surface area contributed by atoms with Crippen LogP contribution in [0.15, 0.2) is 18.2 Å². The summed E-state index contributed by atoms with van der Waals surface area (Å²) in [7, 11) is 0. The molecule has 104 valence electrons. The number of aryl methyl sites for hydroxylation is 1. The predicted octanol–water partition coefficient (Wildman–Crippen LogP) is 3.43. The minimum atomic E-state index is 0.119. The van der Waals surface area contributed by atoms with Crippen LogP contribution in [0.4, 0.5) is 0 Å². The van der Waals surface area contributed by atoms with Crippen molar-refractivity contribution in [3.63, 3.8) is 0 Å². The summed E-state index contributed by atoms with van der Waals surface area (Å²) < 4.78 is 5.38. The van der Waals surface area contributed by atoms with Crippen LogP contribution in [0, 0.1) is 0 Å². The quantitative estimate of drug-likeness (QED) is 0.940. The van der Waals surface area contributed by atoms with Crippen molar-refractivity contribution >= 4 is 17.1 Å². The first-order valence-corrected chi connectivity index (χ1v) is 7.49. The summed E-state index contributed by atoms with van der Waals surface area (Å²) in [6.07, 6.45) is 2.37. The van der Waals surface area contributed by atoms with Gasteiger partial charge in [-0.05, 0) is 38.0 Å². The predicted molar refractivity (Wildman–Crippen MR) is 77.7 cm³/mol. The lowest BCUT2D eigenvalue weighted by Crippen LogP contribution is -2.07. The lowest BCUT2D eigenvalue weighted by atomic mass is 10.0. The third-order valence-electron chi connectivity index (χ3n) is 3.27. The number of aromatic nitrogens is 1. The van der Waals surface area contributed by atoms with E-state index in [-0.39, 0.29) is 11.5 Å². The highest BCUT2D eigenvalue weighted by atomic mass is 32.1. The smallest absolute Gasteiger partial charge is 0.174 e. The van der Waals surface area contributed by atoms with Crippen molar-refractivity contribution < 1.29 is 14.6 Å². The maximum atomic E-state index is 11.9. The SMILES string of the molecule is CCOc1cc(-c2nc3c(s2)C(=O)CCC3)ccc1O. The van der Waals surface area contributed by atoms with Crippen LogP contribution in [0.1, 0.15) is 35.1 Å². The summed E-state index contributed by atoms with van der Waals surface area (Å²) in [4.78, 5) is 17.2. The molecule has 0 amide bonds. The summed E-state index contributed by atoms with van der Waals surface area (Å²) in [5, 5.41) is 10.5. The van der Waals surface area contributed by atoms with E-state index in [1.54, 1.807) is 18.2 Å². The minimum Gasteiger partial charge on any atom is -0.504 e. The molecule has 1 heterocycles. The van der Waals surface area contributed by atoms with Crippen LogP contribution in [0.3, 0.4) is 0 Å². The van der Waals surface area contributed by atoms with Crippen molar-refractivity contribution in [2.45, 2.75) is 26.2 Å². The fourth-order valence-electron chi connectivity index (χ4n) is 2.31. The molecule has 0 aliphatic heterocycles. The molecule has 3 rings (SSSR count). The van der Waals surface area contributed by atoms with Gasteiger partial charge in [-0.25, -0.2) is 4.98 Å². The number of carbonyl (C=O) groups is 1. The Morgan fingerprint density at radius 3 is 3.00 bits per heavy atom. The Morgan fingerprint density at radius 2 is 2.25 bits per heavy atom. The number of rotatable bonds is 3. The van der Waals surface area contributed by atoms with Crippen molar-refractivity contribution in [2.24, 2.45) is 0 Å². The molecule has 5 heteroatoms. The second-order valence-corrected chi connectivity index (χ2v) is 5.69. The molecule has 1 aromatic heterocycles. The third-order valence-corrected chi connectivity index (χ3v) is 4.46. The van der Waals surface area contributed by atoms with E-state index in [0.717, 1.165) is 34.0 Å². The van der Waals surface area contributed by atoms with Gasteiger partial charge >= 0.3 is 0 Å². The van der Waals surface area contributed by atoms with Crippen molar-refractivity contribution in [3.05, 3.63) is 28.8 Å². The van der Waals surface area contributed by atoms with Gasteiger partial charge in [0.05, 0.1) is 17.2 Å². The molecule has 0 bridgehead atoms. The number of ketones is 1. The fourth-order valence-corrected chi connectivity index (χ4v) is 3.39. The maximum absolute atomic E-state index is 11.9. The first kappa shape index (κ1) is 13.1. The van der Waals surface area contributed by atoms with E-state index in [0.29, 0.717) is 18.8 Å². The van der Waals surface area contributed by atoms with E-state index in [2.05, 4.69) is 4.98 Å². The number of carbonyl (C=O) groups excluding carboxylic acids is 1. The molecule has 0 saturated heterocycles. The van der Waals surface area contributed by atoms with Gasteiger partial charge < -0.3 is 9.84 Å². The van der Waals surface area contributed by atoms with Crippen LogP contribution in [-0.2, 0) is 6.42 Å². The molecule has 0 spiro atoms. The van der Waals surface area contributed by atoms with Gasteiger partial charge in [-0.2, -0.15) is 0 Å². The van der Waals surface area contributed by atoms with Crippen molar-refractivity contribution in [1.29, 1.82) is 0 Å². The van der Waals surface area contributed by atoms with E-state index in [4.69, 9.17) is 4.74 Å². The molecule has 2 aromatic rings. The zero-order chi connectivity index (χ0) is 14.1. The second-order valence-electron chi connectivity index (χ2n) is 4.69. The van der Waals surface area contributed by atoms with E-state index >= 15 is 0 Å². The molecule has 1 aromatic carbocycles. The Labute approximate surface area is 121 Å². The van der Waals surface area contributed by atoms with Gasteiger partial charge in [0, 0.05) is 12.0 Å². The molecular weight excluding hydrogens is 274 g/mol. The van der Waals surface area contributed by atoms with Crippen LogP contribution in [-0.4, -0.2) is 22.5 Å². The van der Waals surface area contributed by atoms with Crippen LogP contribution in [0.2, 0.25) is 0 Å². The largest absolute Gasteiger partial charge is 0.504 e. The average Bonchev–Trinajstić information content (AvgIpc) is 2.87. The van der Waals surface area contributed by atoms with Gasteiger partial charge in [-0.3, -0.25) is 4.79 Å². The lowest BCUT2D eigenvalue weighted by molar-refractivity contribution is 0.0976. The zero-order valence-corrected chi connectivity index (χ0v) is 12.0. The number of thiazole rings is 1. The van der Waals surface area contributed by atoms with Crippen molar-refractivity contribution in [3.8, 4) is 22.1 Å². The highest BCUT2D eigenvalue weighted by molar-refractivity contribution is 7.17. The molecule has 20 heavy (non-hydrogen) atoms. The third kappa shape index (κ3) is 2.29. The van der Waals surface area contributed by atoms with Crippen LogP contribution in [0.5, 0.6) is 11.5 Å². The number of nitrogens with zero attached hydrogens (tertiary/aromatic N) is 1. The standard InChI is InChI=1S/C15H15NO3S/c1-2-19-13-8-9(6-7-11(13)17)15-16-10-4-3-5-12(18)14(10)20-15/h6-8,17H,2-5H2,1H3. The lowest BCUT2D eigenvalue weighted by Gasteiger charge is -2.06. The van der Waals surface area contributed by atoms with Gasteiger partial charge in [-0.1, -0.05) is 0 Å². The van der Waals surface area contributed by atoms with E-state index in [9.17, 15) is 9.90 Å². The molecule has 1 N–H and O–H groups in total. The maximum Gasteiger partial charge on any atom is 0.174 e. The monoisotopic (exact) mass is 289 g/mol. The fraction of sp³-hybridized carbons (Fsp3) is 0.333. The summed E-state index contributed by atoms with van der Waals surface area (Å²) in [6, 6.07) is 5.17. The summed E-state index contributed by atoms with van der Waals surface area (Å²) in [5.74, 6) is 0.760. The molecule has 0 unspecified atom stereocenters. The number of fused-ring (bicyclic) bond motifs is 1. The number of ether oxygens (including phenoxy) is 1.